The number of thioether (sulfide) groups is 1. The maximum absolute atomic E-state index is 12.5. The molecule has 0 N–H and O–H groups in total. The van der Waals surface area contributed by atoms with Crippen LogP contribution in [0.15, 0.2) is 27.6 Å². The third-order valence-corrected chi connectivity index (χ3v) is 4.78. The normalized spacial score (nSPS) is 15.1. The van der Waals surface area contributed by atoms with E-state index in [-0.39, 0.29) is 24.7 Å². The fourth-order valence-corrected chi connectivity index (χ4v) is 3.42. The zero-order valence-corrected chi connectivity index (χ0v) is 17.6. The van der Waals surface area contributed by atoms with E-state index in [2.05, 4.69) is 15.9 Å². The van der Waals surface area contributed by atoms with Crippen molar-refractivity contribution >= 4 is 56.9 Å². The van der Waals surface area contributed by atoms with Crippen molar-refractivity contribution in [1.82, 2.24) is 4.90 Å². The summed E-state index contributed by atoms with van der Waals surface area (Å²) >= 11 is 4.04. The van der Waals surface area contributed by atoms with E-state index in [4.69, 9.17) is 14.2 Å². The van der Waals surface area contributed by atoms with E-state index in [1.165, 1.54) is 6.08 Å². The monoisotopic (exact) mass is 471 g/mol. The zero-order chi connectivity index (χ0) is 20.7. The van der Waals surface area contributed by atoms with Crippen LogP contribution in [-0.2, 0) is 23.9 Å². The van der Waals surface area contributed by atoms with Gasteiger partial charge in [-0.3, -0.25) is 19.3 Å². The number of imide groups is 1. The van der Waals surface area contributed by atoms with Crippen molar-refractivity contribution in [3.63, 3.8) is 0 Å². The maximum atomic E-state index is 12.5. The summed E-state index contributed by atoms with van der Waals surface area (Å²) in [6.45, 7) is 2.99. The standard InChI is InChI=1S/C18H18BrNO7S/c1-3-25-15(21)9-20-17(23)14(28-18(20)24)8-11-7-12(19)5-6-13(11)27-10-16(22)26-4-2/h5-8H,3-4,9-10H2,1-2H3/b14-8-. The van der Waals surface area contributed by atoms with Gasteiger partial charge in [-0.2, -0.15) is 0 Å². The number of halogens is 1. The van der Waals surface area contributed by atoms with E-state index in [1.54, 1.807) is 32.0 Å². The minimum atomic E-state index is -0.660. The maximum Gasteiger partial charge on any atom is 0.344 e. The van der Waals surface area contributed by atoms with Gasteiger partial charge in [0.2, 0.25) is 0 Å². The van der Waals surface area contributed by atoms with Crippen LogP contribution in [0.25, 0.3) is 6.08 Å². The highest BCUT2D eigenvalue weighted by Crippen LogP contribution is 2.34. The smallest absolute Gasteiger partial charge is 0.344 e. The van der Waals surface area contributed by atoms with Crippen molar-refractivity contribution in [2.45, 2.75) is 13.8 Å². The van der Waals surface area contributed by atoms with Crippen molar-refractivity contribution < 1.29 is 33.4 Å². The highest BCUT2D eigenvalue weighted by Gasteiger charge is 2.36. The molecule has 0 bridgehead atoms. The number of carbonyl (C=O) groups is 4. The Bertz CT molecular complexity index is 824. The van der Waals surface area contributed by atoms with Gasteiger partial charge >= 0.3 is 11.9 Å². The minimum Gasteiger partial charge on any atom is -0.481 e. The Morgan fingerprint density at radius 2 is 1.82 bits per heavy atom. The van der Waals surface area contributed by atoms with E-state index >= 15 is 0 Å². The van der Waals surface area contributed by atoms with E-state index < -0.39 is 29.6 Å². The van der Waals surface area contributed by atoms with Crippen molar-refractivity contribution in [3.05, 3.63) is 33.1 Å². The molecule has 2 amide bonds. The minimum absolute atomic E-state index is 0.133. The molecular formula is C18H18BrNO7S. The fraction of sp³-hybridized carbons (Fsp3) is 0.333. The molecule has 0 saturated carbocycles. The van der Waals surface area contributed by atoms with Crippen molar-refractivity contribution in [1.29, 1.82) is 0 Å². The first-order valence-electron chi connectivity index (χ1n) is 8.34. The van der Waals surface area contributed by atoms with Crippen LogP contribution in [0.5, 0.6) is 5.75 Å². The number of esters is 2. The molecule has 1 heterocycles. The Labute approximate surface area is 174 Å². The molecule has 0 spiro atoms. The van der Waals surface area contributed by atoms with Gasteiger partial charge in [-0.1, -0.05) is 15.9 Å². The Morgan fingerprint density at radius 1 is 1.14 bits per heavy atom. The van der Waals surface area contributed by atoms with Crippen LogP contribution in [0.2, 0.25) is 0 Å². The Balaban J connectivity index is 2.21. The fourth-order valence-electron chi connectivity index (χ4n) is 2.22. The first-order valence-corrected chi connectivity index (χ1v) is 9.95. The van der Waals surface area contributed by atoms with Gasteiger partial charge in [0.1, 0.15) is 12.3 Å². The third kappa shape index (κ3) is 5.83. The predicted octanol–water partition coefficient (Wildman–Crippen LogP) is 2.99. The summed E-state index contributed by atoms with van der Waals surface area (Å²) in [4.78, 5) is 48.6. The molecule has 1 aromatic carbocycles. The average molecular weight is 472 g/mol. The van der Waals surface area contributed by atoms with Gasteiger partial charge in [0.25, 0.3) is 11.1 Å². The number of benzene rings is 1. The van der Waals surface area contributed by atoms with Crippen LogP contribution in [0.1, 0.15) is 19.4 Å². The first kappa shape index (κ1) is 22.0. The molecule has 28 heavy (non-hydrogen) atoms. The van der Waals surface area contributed by atoms with E-state index in [9.17, 15) is 19.2 Å². The van der Waals surface area contributed by atoms with Crippen LogP contribution in [0, 0.1) is 0 Å². The second kappa shape index (κ2) is 10.3. The lowest BCUT2D eigenvalue weighted by molar-refractivity contribution is -0.146. The molecule has 1 aromatic rings. The number of hydrogen-bond donors (Lipinski definition) is 0. The van der Waals surface area contributed by atoms with Gasteiger partial charge in [-0.05, 0) is 49.9 Å². The summed E-state index contributed by atoms with van der Waals surface area (Å²) < 4.78 is 15.8. The molecular weight excluding hydrogens is 454 g/mol. The van der Waals surface area contributed by atoms with E-state index in [0.717, 1.165) is 4.90 Å². The summed E-state index contributed by atoms with van der Waals surface area (Å²) in [6.07, 6.45) is 1.47. The van der Waals surface area contributed by atoms with E-state index in [0.29, 0.717) is 27.5 Å². The summed E-state index contributed by atoms with van der Waals surface area (Å²) in [7, 11) is 0. The number of carbonyl (C=O) groups excluding carboxylic acids is 4. The first-order chi connectivity index (χ1) is 13.3. The van der Waals surface area contributed by atoms with Crippen LogP contribution >= 0.6 is 27.7 Å². The highest BCUT2D eigenvalue weighted by atomic mass is 79.9. The van der Waals surface area contributed by atoms with Gasteiger partial charge in [0.05, 0.1) is 18.1 Å². The number of amides is 2. The molecule has 1 aliphatic rings. The van der Waals surface area contributed by atoms with Gasteiger partial charge in [0.15, 0.2) is 6.61 Å². The molecule has 1 fully saturated rings. The molecule has 0 radical (unpaired) electrons. The largest absolute Gasteiger partial charge is 0.481 e. The molecule has 1 aliphatic heterocycles. The van der Waals surface area contributed by atoms with Gasteiger partial charge < -0.3 is 14.2 Å². The summed E-state index contributed by atoms with van der Waals surface area (Å²) in [6, 6.07) is 5.02. The number of hydrogen-bond acceptors (Lipinski definition) is 8. The van der Waals surface area contributed by atoms with Crippen LogP contribution < -0.4 is 4.74 Å². The lowest BCUT2D eigenvalue weighted by atomic mass is 10.2. The molecule has 2 rings (SSSR count). The molecule has 150 valence electrons. The molecule has 0 aliphatic carbocycles. The molecule has 0 unspecified atom stereocenters. The lowest BCUT2D eigenvalue weighted by Gasteiger charge is -2.11. The lowest BCUT2D eigenvalue weighted by Crippen LogP contribution is -2.34. The second-order valence-corrected chi connectivity index (χ2v) is 7.26. The molecule has 0 atom stereocenters. The number of ether oxygens (including phenoxy) is 3. The molecule has 10 heteroatoms. The second-order valence-electron chi connectivity index (χ2n) is 5.35. The van der Waals surface area contributed by atoms with Crippen LogP contribution in [0.3, 0.4) is 0 Å². The van der Waals surface area contributed by atoms with Crippen molar-refractivity contribution in [3.8, 4) is 5.75 Å². The predicted molar refractivity (Wildman–Crippen MR) is 106 cm³/mol. The SMILES string of the molecule is CCOC(=O)COc1ccc(Br)cc1/C=C1\SC(=O)N(CC(=O)OCC)C1=O. The molecule has 0 aromatic heterocycles. The Morgan fingerprint density at radius 3 is 2.50 bits per heavy atom. The molecule has 8 nitrogen and oxygen atoms in total. The summed E-state index contributed by atoms with van der Waals surface area (Å²) in [5.74, 6) is -1.44. The van der Waals surface area contributed by atoms with Crippen molar-refractivity contribution in [2.24, 2.45) is 0 Å². The van der Waals surface area contributed by atoms with Gasteiger partial charge in [-0.25, -0.2) is 4.79 Å². The van der Waals surface area contributed by atoms with Gasteiger partial charge in [-0.15, -0.1) is 0 Å². The third-order valence-electron chi connectivity index (χ3n) is 3.38. The number of nitrogens with zero attached hydrogens (tertiary/aromatic N) is 1. The van der Waals surface area contributed by atoms with Crippen molar-refractivity contribution in [2.75, 3.05) is 26.4 Å². The van der Waals surface area contributed by atoms with Gasteiger partial charge in [0, 0.05) is 10.0 Å². The van der Waals surface area contributed by atoms with Crippen LogP contribution in [-0.4, -0.2) is 54.4 Å². The summed E-state index contributed by atoms with van der Waals surface area (Å²) in [5, 5.41) is -0.562. The van der Waals surface area contributed by atoms with E-state index in [1.807, 2.05) is 0 Å². The van der Waals surface area contributed by atoms with Crippen LogP contribution in [0.4, 0.5) is 4.79 Å². The quantitative estimate of drug-likeness (QED) is 0.421. The molecule has 1 saturated heterocycles. The summed E-state index contributed by atoms with van der Waals surface area (Å²) in [5.41, 5.74) is 0.486. The topological polar surface area (TPSA) is 99.2 Å². The Kier molecular flexibility index (Phi) is 8.06. The highest BCUT2D eigenvalue weighted by molar-refractivity contribution is 9.10. The average Bonchev–Trinajstić information content (AvgIpc) is 2.89. The zero-order valence-electron chi connectivity index (χ0n) is 15.2. The number of rotatable bonds is 8. The Hall–Kier alpha value is -2.33.